The summed E-state index contributed by atoms with van der Waals surface area (Å²) in [7, 11) is 0. The Kier molecular flexibility index (Phi) is 5.67. The van der Waals surface area contributed by atoms with Gasteiger partial charge in [-0.3, -0.25) is 4.79 Å². The number of fused-ring (bicyclic) bond motifs is 1. The van der Waals surface area contributed by atoms with Crippen molar-refractivity contribution in [1.29, 1.82) is 0 Å². The van der Waals surface area contributed by atoms with Crippen molar-refractivity contribution in [3.05, 3.63) is 64.1 Å². The van der Waals surface area contributed by atoms with Gasteiger partial charge >= 0.3 is 12.0 Å². The summed E-state index contributed by atoms with van der Waals surface area (Å²) >= 11 is 12.4. The van der Waals surface area contributed by atoms with E-state index in [1.165, 1.54) is 25.1 Å². The number of hydrogen-bond donors (Lipinski definition) is 2. The minimum absolute atomic E-state index is 0.0476. The Balaban J connectivity index is 1.95. The normalized spacial score (nSPS) is 10.6. The summed E-state index contributed by atoms with van der Waals surface area (Å²) in [6.07, 6.45) is 0. The molecule has 0 saturated heterocycles. The molecule has 0 spiro atoms. The van der Waals surface area contributed by atoms with Crippen molar-refractivity contribution >= 4 is 57.3 Å². The zero-order chi connectivity index (χ0) is 20.4. The largest absolute Gasteiger partial charge is 0.427 e. The first-order valence-corrected chi connectivity index (χ1v) is 8.63. The predicted molar refractivity (Wildman–Crippen MR) is 104 cm³/mol. The third-order valence-corrected chi connectivity index (χ3v) is 4.30. The van der Waals surface area contributed by atoms with Gasteiger partial charge < -0.3 is 15.4 Å². The fourth-order valence-corrected chi connectivity index (χ4v) is 3.12. The molecule has 144 valence electrons. The zero-order valence-corrected chi connectivity index (χ0v) is 15.8. The number of halogens is 4. The van der Waals surface area contributed by atoms with Crippen LogP contribution < -0.4 is 15.4 Å². The van der Waals surface area contributed by atoms with Crippen LogP contribution in [0.3, 0.4) is 0 Å². The van der Waals surface area contributed by atoms with Crippen molar-refractivity contribution in [3.8, 4) is 5.75 Å². The number of hydrogen-bond acceptors (Lipinski definition) is 3. The molecule has 9 heteroatoms. The SMILES string of the molecule is CC(=O)Oc1ccc2c(Cl)cc(Cl)c(NC(=O)Nc3ccc(F)c(F)c3)c2c1. The standard InChI is InChI=1S/C19H12Cl2F2N2O3/c1-9(26)28-11-3-4-12-13(7-11)18(15(21)8-14(12)20)25-19(27)24-10-2-5-16(22)17(23)6-10/h2-8H,1H3,(H2,24,25,27). The Hall–Kier alpha value is -2.90. The number of rotatable bonds is 3. The lowest BCUT2D eigenvalue weighted by Crippen LogP contribution is -2.20. The molecule has 0 atom stereocenters. The number of nitrogens with one attached hydrogen (secondary N) is 2. The number of anilines is 2. The molecular formula is C19H12Cl2F2N2O3. The Morgan fingerprint density at radius 2 is 1.64 bits per heavy atom. The van der Waals surface area contributed by atoms with E-state index in [9.17, 15) is 18.4 Å². The minimum atomic E-state index is -1.10. The van der Waals surface area contributed by atoms with Crippen molar-refractivity contribution in [1.82, 2.24) is 0 Å². The molecule has 0 aromatic heterocycles. The lowest BCUT2D eigenvalue weighted by molar-refractivity contribution is -0.131. The first-order chi connectivity index (χ1) is 13.2. The second-order valence-electron chi connectivity index (χ2n) is 5.72. The van der Waals surface area contributed by atoms with Crippen LogP contribution in [0.1, 0.15) is 6.92 Å². The van der Waals surface area contributed by atoms with Gasteiger partial charge in [-0.15, -0.1) is 0 Å². The summed E-state index contributed by atoms with van der Waals surface area (Å²) < 4.78 is 31.4. The molecule has 0 aliphatic heterocycles. The minimum Gasteiger partial charge on any atom is -0.427 e. The van der Waals surface area contributed by atoms with Gasteiger partial charge in [-0.2, -0.15) is 0 Å². The van der Waals surface area contributed by atoms with Gasteiger partial charge in [0.1, 0.15) is 5.75 Å². The fourth-order valence-electron chi connectivity index (χ4n) is 2.53. The van der Waals surface area contributed by atoms with Gasteiger partial charge in [0.25, 0.3) is 0 Å². The molecule has 5 nitrogen and oxygen atoms in total. The number of amides is 2. The maximum Gasteiger partial charge on any atom is 0.323 e. The predicted octanol–water partition coefficient (Wildman–Crippen LogP) is 5.99. The van der Waals surface area contributed by atoms with Crippen LogP contribution in [0.25, 0.3) is 10.8 Å². The topological polar surface area (TPSA) is 67.4 Å². The Labute approximate surface area is 168 Å². The average Bonchev–Trinajstić information content (AvgIpc) is 2.61. The van der Waals surface area contributed by atoms with Crippen molar-refractivity contribution in [2.45, 2.75) is 6.92 Å². The number of urea groups is 1. The summed E-state index contributed by atoms with van der Waals surface area (Å²) in [5.74, 6) is -2.41. The number of esters is 1. The monoisotopic (exact) mass is 424 g/mol. The van der Waals surface area contributed by atoms with E-state index in [0.717, 1.165) is 12.1 Å². The van der Waals surface area contributed by atoms with E-state index in [4.69, 9.17) is 27.9 Å². The van der Waals surface area contributed by atoms with Crippen molar-refractivity contribution in [2.24, 2.45) is 0 Å². The summed E-state index contributed by atoms with van der Waals surface area (Å²) in [6, 6.07) is 8.31. The molecule has 3 aromatic rings. The molecule has 0 aliphatic rings. The Morgan fingerprint density at radius 3 is 2.32 bits per heavy atom. The zero-order valence-electron chi connectivity index (χ0n) is 14.3. The molecule has 0 bridgehead atoms. The lowest BCUT2D eigenvalue weighted by Gasteiger charge is -2.14. The number of ether oxygens (including phenoxy) is 1. The highest BCUT2D eigenvalue weighted by atomic mass is 35.5. The van der Waals surface area contributed by atoms with Crippen molar-refractivity contribution in [3.63, 3.8) is 0 Å². The van der Waals surface area contributed by atoms with Gasteiger partial charge in [-0.25, -0.2) is 13.6 Å². The summed E-state index contributed by atoms with van der Waals surface area (Å²) in [4.78, 5) is 23.5. The lowest BCUT2D eigenvalue weighted by atomic mass is 10.1. The highest BCUT2D eigenvalue weighted by Gasteiger charge is 2.15. The molecule has 3 rings (SSSR count). The molecule has 28 heavy (non-hydrogen) atoms. The first kappa shape index (κ1) is 19.9. The molecule has 0 fully saturated rings. The molecule has 2 N–H and O–H groups in total. The molecule has 3 aromatic carbocycles. The molecule has 0 radical (unpaired) electrons. The van der Waals surface area contributed by atoms with E-state index in [1.54, 1.807) is 12.1 Å². The maximum atomic E-state index is 13.3. The summed E-state index contributed by atoms with van der Waals surface area (Å²) in [5.41, 5.74) is 0.251. The van der Waals surface area contributed by atoms with E-state index in [0.29, 0.717) is 15.8 Å². The third-order valence-electron chi connectivity index (χ3n) is 3.69. The highest BCUT2D eigenvalue weighted by molar-refractivity contribution is 6.41. The molecule has 0 unspecified atom stereocenters. The number of carbonyl (C=O) groups excluding carboxylic acids is 2. The van der Waals surface area contributed by atoms with E-state index in [2.05, 4.69) is 10.6 Å². The van der Waals surface area contributed by atoms with Crippen LogP contribution in [0.15, 0.2) is 42.5 Å². The Bertz CT molecular complexity index is 1110. The summed E-state index contributed by atoms with van der Waals surface area (Å²) in [6.45, 7) is 1.25. The van der Waals surface area contributed by atoms with Gasteiger partial charge in [0, 0.05) is 29.4 Å². The second kappa shape index (κ2) is 8.00. The van der Waals surface area contributed by atoms with Crippen LogP contribution in [0, 0.1) is 11.6 Å². The molecule has 0 aliphatic carbocycles. The smallest absolute Gasteiger partial charge is 0.323 e. The van der Waals surface area contributed by atoms with E-state index in [1.807, 2.05) is 0 Å². The van der Waals surface area contributed by atoms with Crippen LogP contribution in [-0.2, 0) is 4.79 Å². The highest BCUT2D eigenvalue weighted by Crippen LogP contribution is 2.38. The fraction of sp³-hybridized carbons (Fsp3) is 0.0526. The molecular weight excluding hydrogens is 413 g/mol. The molecule has 0 saturated carbocycles. The van der Waals surface area contributed by atoms with Crippen molar-refractivity contribution in [2.75, 3.05) is 10.6 Å². The quantitative estimate of drug-likeness (QED) is 0.400. The maximum absolute atomic E-state index is 13.3. The second-order valence-corrected chi connectivity index (χ2v) is 6.54. The number of carbonyl (C=O) groups is 2. The van der Waals surface area contributed by atoms with Crippen LogP contribution in [0.2, 0.25) is 10.0 Å². The first-order valence-electron chi connectivity index (χ1n) is 7.88. The van der Waals surface area contributed by atoms with Gasteiger partial charge in [-0.1, -0.05) is 23.2 Å². The van der Waals surface area contributed by atoms with E-state index >= 15 is 0 Å². The Morgan fingerprint density at radius 1 is 0.893 bits per heavy atom. The van der Waals surface area contributed by atoms with E-state index in [-0.39, 0.29) is 22.1 Å². The van der Waals surface area contributed by atoms with Crippen LogP contribution in [0.4, 0.5) is 25.0 Å². The molecule has 2 amide bonds. The molecule has 0 heterocycles. The van der Waals surface area contributed by atoms with E-state index < -0.39 is 23.6 Å². The average molecular weight is 425 g/mol. The number of benzene rings is 3. The van der Waals surface area contributed by atoms with Crippen LogP contribution in [0.5, 0.6) is 5.75 Å². The van der Waals surface area contributed by atoms with Gasteiger partial charge in [0.2, 0.25) is 0 Å². The third kappa shape index (κ3) is 4.32. The van der Waals surface area contributed by atoms with Gasteiger partial charge in [0.15, 0.2) is 11.6 Å². The van der Waals surface area contributed by atoms with Gasteiger partial charge in [-0.05, 0) is 36.4 Å². The summed E-state index contributed by atoms with van der Waals surface area (Å²) in [5, 5.41) is 6.38. The van der Waals surface area contributed by atoms with Crippen LogP contribution >= 0.6 is 23.2 Å². The van der Waals surface area contributed by atoms with Crippen LogP contribution in [-0.4, -0.2) is 12.0 Å². The van der Waals surface area contributed by atoms with Gasteiger partial charge in [0.05, 0.1) is 15.7 Å². The van der Waals surface area contributed by atoms with Crippen molar-refractivity contribution < 1.29 is 23.1 Å².